The smallest absolute Gasteiger partial charge is 0.338 e. The summed E-state index contributed by atoms with van der Waals surface area (Å²) in [6.07, 6.45) is -1.40. The molecule has 2 aliphatic rings. The number of fused-ring (bicyclic) bond motifs is 1. The van der Waals surface area contributed by atoms with Gasteiger partial charge in [-0.3, -0.25) is 4.79 Å². The molecule has 0 radical (unpaired) electrons. The predicted octanol–water partition coefficient (Wildman–Crippen LogP) is 0.425. The number of morpholine rings is 1. The van der Waals surface area contributed by atoms with E-state index in [4.69, 9.17) is 14.2 Å². The highest BCUT2D eigenvalue weighted by molar-refractivity contribution is 5.89. The van der Waals surface area contributed by atoms with Crippen LogP contribution < -0.4 is 0 Å². The maximum absolute atomic E-state index is 12.0. The van der Waals surface area contributed by atoms with Crippen LogP contribution in [0.4, 0.5) is 0 Å². The third-order valence-electron chi connectivity index (χ3n) is 3.52. The number of likely N-dealkylation sites (N-methyl/N-ethyl adjacent to an activating group) is 1. The molecule has 6 heteroatoms. The van der Waals surface area contributed by atoms with E-state index in [9.17, 15) is 9.59 Å². The van der Waals surface area contributed by atoms with Crippen molar-refractivity contribution in [3.63, 3.8) is 0 Å². The molecule has 0 bridgehead atoms. The summed E-state index contributed by atoms with van der Waals surface area (Å²) in [7, 11) is 1.66. The van der Waals surface area contributed by atoms with Gasteiger partial charge in [-0.25, -0.2) is 4.79 Å². The minimum absolute atomic E-state index is 0.0135. The molecule has 0 spiro atoms. The number of carbonyl (C=O) groups is 2. The van der Waals surface area contributed by atoms with E-state index in [1.165, 1.54) is 4.90 Å². The Hall–Kier alpha value is -1.92. The van der Waals surface area contributed by atoms with Gasteiger partial charge in [0.2, 0.25) is 5.91 Å². The standard InChI is InChI=1S/C14H15NO5/c1-15-11(16)8-18-12-10(7-19-13(12)15)20-14(17)9-5-3-2-4-6-9/h2-6,10,12-13H,7-8H2,1H3/t10-,12+,13-/m0/s1. The van der Waals surface area contributed by atoms with Crippen LogP contribution in [0.2, 0.25) is 0 Å². The summed E-state index contributed by atoms with van der Waals surface area (Å²) in [6.45, 7) is 0.214. The van der Waals surface area contributed by atoms with Crippen molar-refractivity contribution in [2.24, 2.45) is 0 Å². The van der Waals surface area contributed by atoms with Gasteiger partial charge in [-0.1, -0.05) is 18.2 Å². The zero-order valence-corrected chi connectivity index (χ0v) is 11.0. The summed E-state index contributed by atoms with van der Waals surface area (Å²) in [5.74, 6) is -0.552. The first kappa shape index (κ1) is 13.1. The molecule has 106 valence electrons. The lowest BCUT2D eigenvalue weighted by Crippen LogP contribution is -2.53. The van der Waals surface area contributed by atoms with E-state index in [-0.39, 0.29) is 19.1 Å². The van der Waals surface area contributed by atoms with Gasteiger partial charge >= 0.3 is 5.97 Å². The van der Waals surface area contributed by atoms with Gasteiger partial charge < -0.3 is 19.1 Å². The van der Waals surface area contributed by atoms with Crippen LogP contribution in [-0.2, 0) is 19.0 Å². The van der Waals surface area contributed by atoms with E-state index >= 15 is 0 Å². The summed E-state index contributed by atoms with van der Waals surface area (Å²) in [4.78, 5) is 25.0. The van der Waals surface area contributed by atoms with Gasteiger partial charge in [-0.05, 0) is 12.1 Å². The molecular weight excluding hydrogens is 262 g/mol. The lowest BCUT2D eigenvalue weighted by atomic mass is 10.1. The fourth-order valence-corrected chi connectivity index (χ4v) is 2.38. The van der Waals surface area contributed by atoms with Gasteiger partial charge in [0, 0.05) is 7.05 Å². The SMILES string of the molecule is CN1C(=O)CO[C@@H]2[C@@H](OC(=O)c3ccccc3)CO[C@@H]21. The quantitative estimate of drug-likeness (QED) is 0.733. The second kappa shape index (κ2) is 5.22. The molecule has 0 aromatic heterocycles. The van der Waals surface area contributed by atoms with Gasteiger partial charge in [0.25, 0.3) is 0 Å². The largest absolute Gasteiger partial charge is 0.453 e. The molecule has 6 nitrogen and oxygen atoms in total. The third kappa shape index (κ3) is 2.28. The minimum Gasteiger partial charge on any atom is -0.453 e. The highest BCUT2D eigenvalue weighted by Crippen LogP contribution is 2.26. The molecule has 2 heterocycles. The zero-order chi connectivity index (χ0) is 14.1. The van der Waals surface area contributed by atoms with Crippen molar-refractivity contribution in [1.82, 2.24) is 4.90 Å². The Morgan fingerprint density at radius 3 is 2.80 bits per heavy atom. The molecule has 20 heavy (non-hydrogen) atoms. The van der Waals surface area contributed by atoms with Crippen LogP contribution in [0.15, 0.2) is 30.3 Å². The first-order valence-corrected chi connectivity index (χ1v) is 6.42. The van der Waals surface area contributed by atoms with Crippen molar-refractivity contribution >= 4 is 11.9 Å². The van der Waals surface area contributed by atoms with E-state index in [0.717, 1.165) is 0 Å². The van der Waals surface area contributed by atoms with Crippen molar-refractivity contribution in [2.45, 2.75) is 18.4 Å². The van der Waals surface area contributed by atoms with E-state index in [0.29, 0.717) is 5.56 Å². The molecule has 1 amide bonds. The first-order valence-electron chi connectivity index (χ1n) is 6.42. The monoisotopic (exact) mass is 277 g/mol. The average molecular weight is 277 g/mol. The summed E-state index contributed by atoms with van der Waals surface area (Å²) in [5, 5.41) is 0. The Kier molecular flexibility index (Phi) is 3.42. The third-order valence-corrected chi connectivity index (χ3v) is 3.52. The van der Waals surface area contributed by atoms with Crippen LogP contribution in [0, 0.1) is 0 Å². The summed E-state index contributed by atoms with van der Waals surface area (Å²) >= 11 is 0. The van der Waals surface area contributed by atoms with Crippen LogP contribution in [-0.4, -0.2) is 55.5 Å². The number of carbonyl (C=O) groups excluding carboxylic acids is 2. The predicted molar refractivity (Wildman–Crippen MR) is 67.9 cm³/mol. The maximum Gasteiger partial charge on any atom is 0.338 e. The molecule has 3 atom stereocenters. The lowest BCUT2D eigenvalue weighted by molar-refractivity contribution is -0.174. The molecular formula is C14H15NO5. The average Bonchev–Trinajstić information content (AvgIpc) is 2.87. The van der Waals surface area contributed by atoms with E-state index in [1.807, 2.05) is 6.07 Å². The fraction of sp³-hybridized carbons (Fsp3) is 0.429. The number of ether oxygens (including phenoxy) is 3. The van der Waals surface area contributed by atoms with Gasteiger partial charge in [0.1, 0.15) is 12.7 Å². The van der Waals surface area contributed by atoms with Crippen LogP contribution in [0.1, 0.15) is 10.4 Å². The molecule has 0 aliphatic carbocycles. The molecule has 0 unspecified atom stereocenters. The molecule has 1 aromatic carbocycles. The summed E-state index contributed by atoms with van der Waals surface area (Å²) < 4.78 is 16.4. The fourth-order valence-electron chi connectivity index (χ4n) is 2.38. The van der Waals surface area contributed by atoms with Crippen LogP contribution in [0.25, 0.3) is 0 Å². The van der Waals surface area contributed by atoms with Crippen LogP contribution in [0.3, 0.4) is 0 Å². The van der Waals surface area contributed by atoms with E-state index in [2.05, 4.69) is 0 Å². The minimum atomic E-state index is -0.497. The highest BCUT2D eigenvalue weighted by atomic mass is 16.6. The van der Waals surface area contributed by atoms with Gasteiger partial charge in [0.15, 0.2) is 12.3 Å². The Balaban J connectivity index is 1.68. The molecule has 2 fully saturated rings. The molecule has 2 aliphatic heterocycles. The normalized spacial score (nSPS) is 29.1. The Morgan fingerprint density at radius 1 is 1.30 bits per heavy atom. The maximum atomic E-state index is 12.0. The molecule has 3 rings (SSSR count). The zero-order valence-electron chi connectivity index (χ0n) is 11.0. The number of rotatable bonds is 2. The van der Waals surface area contributed by atoms with E-state index in [1.54, 1.807) is 31.3 Å². The van der Waals surface area contributed by atoms with Gasteiger partial charge in [-0.15, -0.1) is 0 Å². The van der Waals surface area contributed by atoms with Crippen LogP contribution in [0.5, 0.6) is 0 Å². The van der Waals surface area contributed by atoms with Gasteiger partial charge in [-0.2, -0.15) is 0 Å². The van der Waals surface area contributed by atoms with Crippen LogP contribution >= 0.6 is 0 Å². The number of hydrogen-bond acceptors (Lipinski definition) is 5. The van der Waals surface area contributed by atoms with Gasteiger partial charge in [0.05, 0.1) is 12.2 Å². The van der Waals surface area contributed by atoms with Crippen molar-refractivity contribution in [1.29, 1.82) is 0 Å². The van der Waals surface area contributed by atoms with Crippen molar-refractivity contribution in [3.05, 3.63) is 35.9 Å². The summed E-state index contributed by atoms with van der Waals surface area (Å²) in [5.41, 5.74) is 0.483. The number of amides is 1. The number of nitrogens with zero attached hydrogens (tertiary/aromatic N) is 1. The Bertz CT molecular complexity index is 518. The molecule has 0 N–H and O–H groups in total. The summed E-state index contributed by atoms with van der Waals surface area (Å²) in [6, 6.07) is 8.75. The van der Waals surface area contributed by atoms with Crippen molar-refractivity contribution < 1.29 is 23.8 Å². The topological polar surface area (TPSA) is 65.1 Å². The molecule has 1 aromatic rings. The lowest BCUT2D eigenvalue weighted by Gasteiger charge is -2.34. The number of benzene rings is 1. The van der Waals surface area contributed by atoms with Crippen molar-refractivity contribution in [3.8, 4) is 0 Å². The Labute approximate surface area is 116 Å². The number of hydrogen-bond donors (Lipinski definition) is 0. The number of esters is 1. The van der Waals surface area contributed by atoms with E-state index < -0.39 is 24.4 Å². The van der Waals surface area contributed by atoms with Crippen molar-refractivity contribution in [2.75, 3.05) is 20.3 Å². The second-order valence-corrected chi connectivity index (χ2v) is 4.81. The first-order chi connectivity index (χ1) is 9.66. The Morgan fingerprint density at radius 2 is 2.05 bits per heavy atom. The second-order valence-electron chi connectivity index (χ2n) is 4.81. The highest BCUT2D eigenvalue weighted by Gasteiger charge is 2.47. The molecule has 0 saturated carbocycles. The molecule has 2 saturated heterocycles.